The Labute approximate surface area is 124 Å². The first-order valence-corrected chi connectivity index (χ1v) is 7.51. The molecular formula is C15H23BrN2O. The van der Waals surface area contributed by atoms with Gasteiger partial charge in [-0.1, -0.05) is 12.1 Å². The first kappa shape index (κ1) is 16.2. The molecule has 106 valence electrons. The summed E-state index contributed by atoms with van der Waals surface area (Å²) in [6.07, 6.45) is 0. The van der Waals surface area contributed by atoms with Crippen molar-refractivity contribution in [3.63, 3.8) is 0 Å². The fourth-order valence-corrected chi connectivity index (χ4v) is 2.62. The van der Waals surface area contributed by atoms with Crippen LogP contribution in [0.4, 0.5) is 0 Å². The maximum Gasteiger partial charge on any atom is 0.252 e. The molecule has 0 bridgehead atoms. The zero-order valence-electron chi connectivity index (χ0n) is 12.1. The van der Waals surface area contributed by atoms with Gasteiger partial charge >= 0.3 is 0 Å². The Morgan fingerprint density at radius 2 is 1.79 bits per heavy atom. The molecule has 0 atom stereocenters. The minimum Gasteiger partial charge on any atom is -0.351 e. The Morgan fingerprint density at radius 3 is 2.32 bits per heavy atom. The average molecular weight is 327 g/mol. The van der Waals surface area contributed by atoms with E-state index in [1.807, 2.05) is 24.3 Å². The minimum atomic E-state index is -0.0278. The predicted molar refractivity (Wildman–Crippen MR) is 83.5 cm³/mol. The van der Waals surface area contributed by atoms with Crippen LogP contribution in [0.15, 0.2) is 28.7 Å². The van der Waals surface area contributed by atoms with Gasteiger partial charge in [0.15, 0.2) is 0 Å². The Morgan fingerprint density at radius 1 is 1.21 bits per heavy atom. The molecule has 3 nitrogen and oxygen atoms in total. The van der Waals surface area contributed by atoms with Crippen LogP contribution in [0.25, 0.3) is 0 Å². The van der Waals surface area contributed by atoms with Crippen molar-refractivity contribution in [2.45, 2.75) is 39.8 Å². The van der Waals surface area contributed by atoms with Gasteiger partial charge in [-0.25, -0.2) is 0 Å². The molecular weight excluding hydrogens is 304 g/mol. The monoisotopic (exact) mass is 326 g/mol. The lowest BCUT2D eigenvalue weighted by Crippen LogP contribution is -2.42. The van der Waals surface area contributed by atoms with Crippen molar-refractivity contribution in [1.29, 1.82) is 0 Å². The number of hydrogen-bond donors (Lipinski definition) is 1. The highest BCUT2D eigenvalue weighted by Gasteiger charge is 2.14. The van der Waals surface area contributed by atoms with Crippen LogP contribution in [-0.2, 0) is 0 Å². The zero-order valence-corrected chi connectivity index (χ0v) is 13.7. The minimum absolute atomic E-state index is 0.0278. The third-order valence-corrected chi connectivity index (χ3v) is 3.79. The van der Waals surface area contributed by atoms with E-state index in [1.165, 1.54) is 0 Å². The van der Waals surface area contributed by atoms with E-state index in [1.54, 1.807) is 0 Å². The molecule has 1 aromatic carbocycles. The third-order valence-electron chi connectivity index (χ3n) is 3.10. The van der Waals surface area contributed by atoms with E-state index in [0.717, 1.165) is 11.0 Å². The van der Waals surface area contributed by atoms with Gasteiger partial charge in [0.2, 0.25) is 0 Å². The van der Waals surface area contributed by atoms with Gasteiger partial charge in [0.25, 0.3) is 5.91 Å². The van der Waals surface area contributed by atoms with Crippen molar-refractivity contribution >= 4 is 21.8 Å². The topological polar surface area (TPSA) is 32.3 Å². The molecule has 0 aliphatic heterocycles. The molecule has 4 heteroatoms. The molecule has 0 radical (unpaired) electrons. The van der Waals surface area contributed by atoms with Crippen LogP contribution in [0.2, 0.25) is 0 Å². The molecule has 1 rings (SSSR count). The van der Waals surface area contributed by atoms with E-state index in [2.05, 4.69) is 53.8 Å². The summed E-state index contributed by atoms with van der Waals surface area (Å²) in [5, 5.41) is 2.97. The van der Waals surface area contributed by atoms with Crippen molar-refractivity contribution in [2.75, 3.05) is 13.1 Å². The summed E-state index contributed by atoms with van der Waals surface area (Å²) in [5.74, 6) is -0.0278. The molecule has 0 saturated heterocycles. The maximum atomic E-state index is 12.0. The SMILES string of the molecule is CC(C)N(CCNC(=O)c1ccccc1Br)C(C)C. The second-order valence-electron chi connectivity index (χ2n) is 5.16. The number of benzene rings is 1. The van der Waals surface area contributed by atoms with Crippen LogP contribution in [0.1, 0.15) is 38.1 Å². The molecule has 1 N–H and O–H groups in total. The van der Waals surface area contributed by atoms with E-state index in [0.29, 0.717) is 24.2 Å². The molecule has 0 aliphatic rings. The lowest BCUT2D eigenvalue weighted by Gasteiger charge is -2.30. The molecule has 1 aromatic rings. The van der Waals surface area contributed by atoms with E-state index >= 15 is 0 Å². The summed E-state index contributed by atoms with van der Waals surface area (Å²) in [7, 11) is 0. The van der Waals surface area contributed by atoms with Gasteiger partial charge < -0.3 is 5.32 Å². The van der Waals surface area contributed by atoms with Crippen LogP contribution >= 0.6 is 15.9 Å². The van der Waals surface area contributed by atoms with Crippen LogP contribution in [-0.4, -0.2) is 36.0 Å². The maximum absolute atomic E-state index is 12.0. The Kier molecular flexibility index (Phi) is 6.52. The molecule has 0 fully saturated rings. The van der Waals surface area contributed by atoms with Crippen LogP contribution in [0.5, 0.6) is 0 Å². The van der Waals surface area contributed by atoms with Crippen molar-refractivity contribution in [3.8, 4) is 0 Å². The number of hydrogen-bond acceptors (Lipinski definition) is 2. The average Bonchev–Trinajstić information content (AvgIpc) is 2.33. The quantitative estimate of drug-likeness (QED) is 0.869. The van der Waals surface area contributed by atoms with E-state index in [4.69, 9.17) is 0 Å². The van der Waals surface area contributed by atoms with Crippen molar-refractivity contribution in [2.24, 2.45) is 0 Å². The standard InChI is InChI=1S/C15H23BrN2O/c1-11(2)18(12(3)4)10-9-17-15(19)13-7-5-6-8-14(13)16/h5-8,11-12H,9-10H2,1-4H3,(H,17,19). The van der Waals surface area contributed by atoms with Crippen molar-refractivity contribution in [3.05, 3.63) is 34.3 Å². The smallest absolute Gasteiger partial charge is 0.252 e. The summed E-state index contributed by atoms with van der Waals surface area (Å²) < 4.78 is 0.831. The van der Waals surface area contributed by atoms with Crippen LogP contribution in [0, 0.1) is 0 Å². The molecule has 0 spiro atoms. The summed E-state index contributed by atoms with van der Waals surface area (Å²) >= 11 is 3.39. The number of amides is 1. The first-order valence-electron chi connectivity index (χ1n) is 6.72. The Bertz CT molecular complexity index is 410. The highest BCUT2D eigenvalue weighted by Crippen LogP contribution is 2.15. The zero-order chi connectivity index (χ0) is 14.4. The molecule has 1 amide bonds. The largest absolute Gasteiger partial charge is 0.351 e. The summed E-state index contributed by atoms with van der Waals surface area (Å²) in [5.41, 5.74) is 0.683. The van der Waals surface area contributed by atoms with Gasteiger partial charge in [0.05, 0.1) is 5.56 Å². The fraction of sp³-hybridized carbons (Fsp3) is 0.533. The Hall–Kier alpha value is -0.870. The van der Waals surface area contributed by atoms with Gasteiger partial charge in [-0.2, -0.15) is 0 Å². The van der Waals surface area contributed by atoms with Gasteiger partial charge in [-0.3, -0.25) is 9.69 Å². The summed E-state index contributed by atoms with van der Waals surface area (Å²) in [4.78, 5) is 14.4. The predicted octanol–water partition coefficient (Wildman–Crippen LogP) is 3.30. The lowest BCUT2D eigenvalue weighted by molar-refractivity contribution is 0.0938. The second-order valence-corrected chi connectivity index (χ2v) is 6.02. The normalized spacial score (nSPS) is 11.4. The molecule has 0 saturated carbocycles. The summed E-state index contributed by atoms with van der Waals surface area (Å²) in [6, 6.07) is 8.44. The van der Waals surface area contributed by atoms with Crippen molar-refractivity contribution < 1.29 is 4.79 Å². The molecule has 0 aliphatic carbocycles. The molecule has 0 unspecified atom stereocenters. The van der Waals surface area contributed by atoms with E-state index in [-0.39, 0.29) is 5.91 Å². The fourth-order valence-electron chi connectivity index (χ4n) is 2.15. The highest BCUT2D eigenvalue weighted by molar-refractivity contribution is 9.10. The first-order chi connectivity index (χ1) is 8.93. The number of rotatable bonds is 6. The van der Waals surface area contributed by atoms with Crippen LogP contribution in [0.3, 0.4) is 0 Å². The molecule has 0 heterocycles. The lowest BCUT2D eigenvalue weighted by atomic mass is 10.2. The number of carbonyl (C=O) groups excluding carboxylic acids is 1. The van der Waals surface area contributed by atoms with Gasteiger partial charge in [-0.15, -0.1) is 0 Å². The van der Waals surface area contributed by atoms with E-state index in [9.17, 15) is 4.79 Å². The molecule has 0 aromatic heterocycles. The summed E-state index contributed by atoms with van der Waals surface area (Å²) in [6.45, 7) is 10.2. The number of halogens is 1. The van der Waals surface area contributed by atoms with Gasteiger partial charge in [0.1, 0.15) is 0 Å². The van der Waals surface area contributed by atoms with E-state index < -0.39 is 0 Å². The molecule has 19 heavy (non-hydrogen) atoms. The van der Waals surface area contributed by atoms with Crippen LogP contribution < -0.4 is 5.32 Å². The number of nitrogens with one attached hydrogen (secondary N) is 1. The van der Waals surface area contributed by atoms with Gasteiger partial charge in [0, 0.05) is 29.6 Å². The third kappa shape index (κ3) is 4.96. The second kappa shape index (κ2) is 7.65. The Balaban J connectivity index is 2.49. The highest BCUT2D eigenvalue weighted by atomic mass is 79.9. The number of nitrogens with zero attached hydrogens (tertiary/aromatic N) is 1. The van der Waals surface area contributed by atoms with Gasteiger partial charge in [-0.05, 0) is 55.8 Å². The number of carbonyl (C=O) groups is 1. The van der Waals surface area contributed by atoms with Crippen molar-refractivity contribution in [1.82, 2.24) is 10.2 Å².